The number of benzene rings is 1. The van der Waals surface area contributed by atoms with Crippen molar-refractivity contribution in [2.75, 3.05) is 0 Å². The smallest absolute Gasteiger partial charge is 0.181 e. The highest BCUT2D eigenvalue weighted by Gasteiger charge is 1.98. The first kappa shape index (κ1) is 6.34. The van der Waals surface area contributed by atoms with Crippen LogP contribution >= 0.6 is 0 Å². The average Bonchev–Trinajstić information content (AvgIpc) is 2.50. The van der Waals surface area contributed by atoms with Crippen LogP contribution in [-0.4, -0.2) is 4.98 Å². The lowest BCUT2D eigenvalue weighted by atomic mass is 10.2. The zero-order chi connectivity index (χ0) is 7.68. The maximum Gasteiger partial charge on any atom is 0.181 e. The molecule has 0 N–H and O–H groups in total. The molecular weight excluding hydrogens is 145 g/mol. The second-order valence-corrected chi connectivity index (χ2v) is 2.29. The van der Waals surface area contributed by atoms with Gasteiger partial charge in [-0.15, -0.1) is 0 Å². The van der Waals surface area contributed by atoms with E-state index in [4.69, 9.17) is 4.42 Å². The lowest BCUT2D eigenvalue weighted by Gasteiger charge is -1.90. The van der Waals surface area contributed by atoms with Crippen LogP contribution in [0.2, 0.25) is 0 Å². The molecule has 56 valence electrons. The minimum absolute atomic E-state index is 0.462. The second kappa shape index (κ2) is 2.34. The molecule has 0 saturated carbocycles. The van der Waals surface area contributed by atoms with Gasteiger partial charge in [0.25, 0.3) is 0 Å². The molecular formula is C8H6FNO. The number of nitrogens with zero attached hydrogens (tertiary/aromatic N) is 1. The summed E-state index contributed by atoms with van der Waals surface area (Å²) in [5.41, 5.74) is 2.02. The summed E-state index contributed by atoms with van der Waals surface area (Å²) < 4.78 is 17.1. The number of hydrogen-bond acceptors (Lipinski definition) is 2. The van der Waals surface area contributed by atoms with Crippen LogP contribution in [0.25, 0.3) is 11.1 Å². The van der Waals surface area contributed by atoms with E-state index in [9.17, 15) is 4.39 Å². The third-order valence-corrected chi connectivity index (χ3v) is 1.55. The van der Waals surface area contributed by atoms with E-state index in [1.165, 1.54) is 6.39 Å². The van der Waals surface area contributed by atoms with Gasteiger partial charge in [0.1, 0.15) is 12.2 Å². The number of hydrogen-bond donors (Lipinski definition) is 0. The zero-order valence-electron chi connectivity index (χ0n) is 5.75. The average molecular weight is 151 g/mol. The normalized spacial score (nSPS) is 10.6. The molecule has 0 radical (unpaired) electrons. The van der Waals surface area contributed by atoms with Gasteiger partial charge in [0.2, 0.25) is 0 Å². The van der Waals surface area contributed by atoms with Gasteiger partial charge in [-0.2, -0.15) is 0 Å². The summed E-state index contributed by atoms with van der Waals surface area (Å²) in [6.45, 7) is -0.462. The van der Waals surface area contributed by atoms with E-state index in [0.717, 1.165) is 5.52 Å². The lowest BCUT2D eigenvalue weighted by Crippen LogP contribution is -1.76. The molecule has 1 heterocycles. The van der Waals surface area contributed by atoms with Crippen LogP contribution in [0.15, 0.2) is 29.0 Å². The van der Waals surface area contributed by atoms with Crippen molar-refractivity contribution in [3.8, 4) is 0 Å². The summed E-state index contributed by atoms with van der Waals surface area (Å²) in [6, 6.07) is 5.10. The van der Waals surface area contributed by atoms with Crippen LogP contribution in [0.5, 0.6) is 0 Å². The lowest BCUT2D eigenvalue weighted by molar-refractivity contribution is 0.485. The Balaban J connectivity index is 2.67. The van der Waals surface area contributed by atoms with E-state index in [2.05, 4.69) is 4.98 Å². The molecule has 0 fully saturated rings. The Morgan fingerprint density at radius 2 is 2.36 bits per heavy atom. The number of halogens is 1. The highest BCUT2D eigenvalue weighted by atomic mass is 19.1. The van der Waals surface area contributed by atoms with Crippen molar-refractivity contribution in [2.45, 2.75) is 6.67 Å². The number of fused-ring (bicyclic) bond motifs is 1. The summed E-state index contributed by atoms with van der Waals surface area (Å²) in [5, 5.41) is 0. The van der Waals surface area contributed by atoms with Crippen molar-refractivity contribution in [1.29, 1.82) is 0 Å². The SMILES string of the molecule is FCc1ccc2ncoc2c1. The van der Waals surface area contributed by atoms with Gasteiger partial charge in [-0.3, -0.25) is 0 Å². The van der Waals surface area contributed by atoms with Gasteiger partial charge in [-0.1, -0.05) is 6.07 Å². The van der Waals surface area contributed by atoms with Crippen molar-refractivity contribution in [1.82, 2.24) is 4.98 Å². The molecule has 0 aliphatic rings. The van der Waals surface area contributed by atoms with Gasteiger partial charge in [0.15, 0.2) is 12.0 Å². The zero-order valence-corrected chi connectivity index (χ0v) is 5.75. The summed E-state index contributed by atoms with van der Waals surface area (Å²) in [7, 11) is 0. The molecule has 2 nitrogen and oxygen atoms in total. The van der Waals surface area contributed by atoms with Crippen molar-refractivity contribution in [3.05, 3.63) is 30.2 Å². The van der Waals surface area contributed by atoms with E-state index >= 15 is 0 Å². The predicted octanol–water partition coefficient (Wildman–Crippen LogP) is 2.30. The van der Waals surface area contributed by atoms with E-state index < -0.39 is 6.67 Å². The Morgan fingerprint density at radius 3 is 3.18 bits per heavy atom. The first-order valence-corrected chi connectivity index (χ1v) is 3.28. The maximum atomic E-state index is 12.1. The monoisotopic (exact) mass is 151 g/mol. The fourth-order valence-corrected chi connectivity index (χ4v) is 0.983. The molecule has 11 heavy (non-hydrogen) atoms. The van der Waals surface area contributed by atoms with E-state index in [1.807, 2.05) is 0 Å². The molecule has 2 rings (SSSR count). The number of oxazole rings is 1. The van der Waals surface area contributed by atoms with Gasteiger partial charge in [0, 0.05) is 0 Å². The van der Waals surface area contributed by atoms with E-state index in [1.54, 1.807) is 18.2 Å². The Labute approximate surface area is 62.7 Å². The first-order valence-electron chi connectivity index (χ1n) is 3.28. The molecule has 3 heteroatoms. The molecule has 0 aliphatic heterocycles. The Morgan fingerprint density at radius 1 is 1.45 bits per heavy atom. The molecule has 0 amide bonds. The fraction of sp³-hybridized carbons (Fsp3) is 0.125. The van der Waals surface area contributed by atoms with Crippen LogP contribution in [0.4, 0.5) is 4.39 Å². The van der Waals surface area contributed by atoms with Crippen LogP contribution in [0.3, 0.4) is 0 Å². The highest BCUT2D eigenvalue weighted by molar-refractivity contribution is 5.72. The van der Waals surface area contributed by atoms with Crippen molar-refractivity contribution < 1.29 is 8.81 Å². The van der Waals surface area contributed by atoms with Crippen LogP contribution in [0.1, 0.15) is 5.56 Å². The van der Waals surface area contributed by atoms with Crippen LogP contribution < -0.4 is 0 Å². The standard InChI is InChI=1S/C8H6FNO/c9-4-6-1-2-7-8(3-6)11-5-10-7/h1-3,5H,4H2. The Hall–Kier alpha value is -1.38. The molecule has 0 atom stereocenters. The number of rotatable bonds is 1. The van der Waals surface area contributed by atoms with Gasteiger partial charge < -0.3 is 4.42 Å². The van der Waals surface area contributed by atoms with Gasteiger partial charge >= 0.3 is 0 Å². The Kier molecular flexibility index (Phi) is 1.35. The van der Waals surface area contributed by atoms with Crippen molar-refractivity contribution in [2.24, 2.45) is 0 Å². The largest absolute Gasteiger partial charge is 0.443 e. The number of aromatic nitrogens is 1. The maximum absolute atomic E-state index is 12.1. The summed E-state index contributed by atoms with van der Waals surface area (Å²) >= 11 is 0. The van der Waals surface area contributed by atoms with Crippen molar-refractivity contribution >= 4 is 11.1 Å². The third-order valence-electron chi connectivity index (χ3n) is 1.55. The molecule has 0 bridgehead atoms. The molecule has 1 aromatic heterocycles. The van der Waals surface area contributed by atoms with Crippen molar-refractivity contribution in [3.63, 3.8) is 0 Å². The van der Waals surface area contributed by atoms with Gasteiger partial charge in [-0.05, 0) is 17.7 Å². The summed E-state index contributed by atoms with van der Waals surface area (Å²) in [4.78, 5) is 3.90. The minimum atomic E-state index is -0.462. The van der Waals surface area contributed by atoms with Gasteiger partial charge in [0.05, 0.1) is 0 Å². The summed E-state index contributed by atoms with van der Waals surface area (Å²) in [6.07, 6.45) is 1.35. The fourth-order valence-electron chi connectivity index (χ4n) is 0.983. The topological polar surface area (TPSA) is 26.0 Å². The second-order valence-electron chi connectivity index (χ2n) is 2.29. The molecule has 0 spiro atoms. The minimum Gasteiger partial charge on any atom is -0.443 e. The number of alkyl halides is 1. The van der Waals surface area contributed by atoms with E-state index in [0.29, 0.717) is 11.1 Å². The first-order chi connectivity index (χ1) is 5.40. The molecule has 0 saturated heterocycles. The molecule has 0 aliphatic carbocycles. The van der Waals surface area contributed by atoms with Crippen LogP contribution in [-0.2, 0) is 6.67 Å². The highest BCUT2D eigenvalue weighted by Crippen LogP contribution is 2.14. The Bertz CT molecular complexity index is 369. The van der Waals surface area contributed by atoms with Gasteiger partial charge in [-0.25, -0.2) is 9.37 Å². The predicted molar refractivity (Wildman–Crippen MR) is 38.8 cm³/mol. The van der Waals surface area contributed by atoms with Crippen LogP contribution in [0, 0.1) is 0 Å². The molecule has 1 aromatic carbocycles. The summed E-state index contributed by atoms with van der Waals surface area (Å²) in [5.74, 6) is 0. The molecule has 0 unspecified atom stereocenters. The third kappa shape index (κ3) is 0.981. The van der Waals surface area contributed by atoms with E-state index in [-0.39, 0.29) is 0 Å². The molecule has 2 aromatic rings. The quantitative estimate of drug-likeness (QED) is 0.625.